The maximum Gasteiger partial charge on any atom is 0.410 e. The zero-order valence-corrected chi connectivity index (χ0v) is 15.2. The van der Waals surface area contributed by atoms with Gasteiger partial charge in [0.1, 0.15) is 5.60 Å². The second-order valence-electron chi connectivity index (χ2n) is 8.08. The molecule has 3 aliphatic rings. The molecule has 1 N–H and O–H groups in total. The van der Waals surface area contributed by atoms with E-state index in [2.05, 4.69) is 4.72 Å². The quantitative estimate of drug-likeness (QED) is 0.802. The van der Waals surface area contributed by atoms with Gasteiger partial charge in [-0.05, 0) is 57.4 Å². The van der Waals surface area contributed by atoms with Crippen molar-refractivity contribution in [2.45, 2.75) is 63.7 Å². The van der Waals surface area contributed by atoms with E-state index in [9.17, 15) is 9.59 Å². The van der Waals surface area contributed by atoms with Crippen LogP contribution in [0.2, 0.25) is 0 Å². The lowest BCUT2D eigenvalue weighted by Crippen LogP contribution is -2.38. The highest BCUT2D eigenvalue weighted by molar-refractivity contribution is 7.98. The van der Waals surface area contributed by atoms with E-state index in [1.807, 2.05) is 20.8 Å². The number of ether oxygens (including phenoxy) is 1. The third-order valence-electron chi connectivity index (χ3n) is 5.03. The van der Waals surface area contributed by atoms with Crippen LogP contribution in [0.3, 0.4) is 0 Å². The van der Waals surface area contributed by atoms with Crippen LogP contribution < -0.4 is 4.72 Å². The van der Waals surface area contributed by atoms with Gasteiger partial charge in [0.05, 0.1) is 0 Å². The van der Waals surface area contributed by atoms with Gasteiger partial charge in [0.25, 0.3) is 0 Å². The zero-order valence-electron chi connectivity index (χ0n) is 14.3. The number of nitrogens with zero attached hydrogens (tertiary/aromatic N) is 1. The SMILES string of the molecule is CC(C)(C)OC(=O)N1CC2C(C1)C2C(=O)NSC1CCCCC1. The molecule has 0 aromatic rings. The molecule has 3 fully saturated rings. The Kier molecular flexibility index (Phi) is 4.81. The lowest BCUT2D eigenvalue weighted by molar-refractivity contribution is -0.121. The predicted molar refractivity (Wildman–Crippen MR) is 90.9 cm³/mol. The van der Waals surface area contributed by atoms with Gasteiger partial charge >= 0.3 is 6.09 Å². The number of carbonyl (C=O) groups excluding carboxylic acids is 2. The van der Waals surface area contributed by atoms with Crippen molar-refractivity contribution in [3.63, 3.8) is 0 Å². The largest absolute Gasteiger partial charge is 0.444 e. The van der Waals surface area contributed by atoms with Gasteiger partial charge in [-0.3, -0.25) is 9.52 Å². The maximum absolute atomic E-state index is 12.3. The molecule has 2 unspecified atom stereocenters. The number of hydrogen-bond acceptors (Lipinski definition) is 4. The Morgan fingerprint density at radius 2 is 1.70 bits per heavy atom. The first-order valence-corrected chi connectivity index (χ1v) is 9.66. The maximum atomic E-state index is 12.3. The summed E-state index contributed by atoms with van der Waals surface area (Å²) in [5.74, 6) is 0.924. The number of nitrogens with one attached hydrogen (secondary N) is 1. The van der Waals surface area contributed by atoms with Crippen LogP contribution in [0.25, 0.3) is 0 Å². The van der Waals surface area contributed by atoms with E-state index in [1.54, 1.807) is 16.8 Å². The molecule has 2 aliphatic carbocycles. The van der Waals surface area contributed by atoms with Crippen LogP contribution in [-0.2, 0) is 9.53 Å². The summed E-state index contributed by atoms with van der Waals surface area (Å²) in [6, 6.07) is 0. The number of amides is 2. The molecule has 2 saturated carbocycles. The summed E-state index contributed by atoms with van der Waals surface area (Å²) >= 11 is 1.62. The van der Waals surface area contributed by atoms with Crippen molar-refractivity contribution in [2.24, 2.45) is 17.8 Å². The Morgan fingerprint density at radius 3 is 2.26 bits per heavy atom. The molecule has 1 heterocycles. The molecule has 2 amide bonds. The van der Waals surface area contributed by atoms with Gasteiger partial charge in [-0.1, -0.05) is 19.3 Å². The van der Waals surface area contributed by atoms with Crippen molar-refractivity contribution < 1.29 is 14.3 Å². The normalized spacial score (nSPS) is 30.7. The molecule has 0 aromatic heterocycles. The molecule has 5 nitrogen and oxygen atoms in total. The fraction of sp³-hybridized carbons (Fsp3) is 0.882. The minimum absolute atomic E-state index is 0.102. The van der Waals surface area contributed by atoms with Crippen molar-refractivity contribution in [1.29, 1.82) is 0 Å². The average molecular weight is 340 g/mol. The van der Waals surface area contributed by atoms with E-state index in [1.165, 1.54) is 32.1 Å². The van der Waals surface area contributed by atoms with Crippen molar-refractivity contribution >= 4 is 23.9 Å². The summed E-state index contributed by atoms with van der Waals surface area (Å²) in [5, 5.41) is 0.588. The van der Waals surface area contributed by atoms with Crippen LogP contribution in [0, 0.1) is 17.8 Å². The van der Waals surface area contributed by atoms with E-state index < -0.39 is 5.60 Å². The summed E-state index contributed by atoms with van der Waals surface area (Å²) in [5.41, 5.74) is -0.461. The van der Waals surface area contributed by atoms with E-state index >= 15 is 0 Å². The highest BCUT2D eigenvalue weighted by Crippen LogP contribution is 2.52. The van der Waals surface area contributed by atoms with Crippen LogP contribution in [0.5, 0.6) is 0 Å². The summed E-state index contributed by atoms with van der Waals surface area (Å²) in [6.07, 6.45) is 6.09. The number of carbonyl (C=O) groups is 2. The number of piperidine rings is 1. The molecule has 0 bridgehead atoms. The molecule has 1 aliphatic heterocycles. The second kappa shape index (κ2) is 6.54. The van der Waals surface area contributed by atoms with Gasteiger partial charge in [-0.2, -0.15) is 0 Å². The highest BCUT2D eigenvalue weighted by Gasteiger charge is 2.60. The standard InChI is InChI=1S/C17H28N2O3S/c1-17(2,3)22-16(21)19-9-12-13(10-19)14(12)15(20)18-23-11-7-5-4-6-8-11/h11-14H,4-10H2,1-3H3,(H,18,20). The number of fused-ring (bicyclic) bond motifs is 1. The number of rotatable bonds is 3. The Balaban J connectivity index is 1.39. The molecule has 0 spiro atoms. The van der Waals surface area contributed by atoms with E-state index in [4.69, 9.17) is 4.74 Å². The molecule has 0 radical (unpaired) electrons. The first-order valence-electron chi connectivity index (χ1n) is 8.78. The summed E-state index contributed by atoms with van der Waals surface area (Å²) in [7, 11) is 0. The van der Waals surface area contributed by atoms with Gasteiger partial charge in [0, 0.05) is 24.3 Å². The van der Waals surface area contributed by atoms with E-state index in [0.29, 0.717) is 30.2 Å². The molecule has 1 saturated heterocycles. The van der Waals surface area contributed by atoms with Crippen molar-refractivity contribution in [2.75, 3.05) is 13.1 Å². The molecule has 23 heavy (non-hydrogen) atoms. The summed E-state index contributed by atoms with van der Waals surface area (Å²) in [6.45, 7) is 6.94. The van der Waals surface area contributed by atoms with Crippen LogP contribution in [0.15, 0.2) is 0 Å². The smallest absolute Gasteiger partial charge is 0.410 e. The fourth-order valence-electron chi connectivity index (χ4n) is 3.78. The van der Waals surface area contributed by atoms with Crippen LogP contribution in [-0.4, -0.2) is 40.8 Å². The molecule has 130 valence electrons. The molecular formula is C17H28N2O3S. The zero-order chi connectivity index (χ0) is 16.6. The van der Waals surface area contributed by atoms with Gasteiger partial charge < -0.3 is 9.64 Å². The molecule has 6 heteroatoms. The van der Waals surface area contributed by atoms with Crippen molar-refractivity contribution in [3.8, 4) is 0 Å². The van der Waals surface area contributed by atoms with E-state index in [0.717, 1.165) is 0 Å². The number of likely N-dealkylation sites (tertiary alicyclic amines) is 1. The topological polar surface area (TPSA) is 58.6 Å². The van der Waals surface area contributed by atoms with Crippen LogP contribution in [0.4, 0.5) is 4.79 Å². The van der Waals surface area contributed by atoms with Crippen molar-refractivity contribution in [1.82, 2.24) is 9.62 Å². The van der Waals surface area contributed by atoms with Gasteiger partial charge in [-0.25, -0.2) is 4.79 Å². The van der Waals surface area contributed by atoms with Crippen molar-refractivity contribution in [3.05, 3.63) is 0 Å². The fourth-order valence-corrected chi connectivity index (χ4v) is 4.77. The van der Waals surface area contributed by atoms with Crippen LogP contribution in [0.1, 0.15) is 52.9 Å². The Labute approximate surface area is 143 Å². The highest BCUT2D eigenvalue weighted by atomic mass is 32.2. The van der Waals surface area contributed by atoms with Gasteiger partial charge in [0.2, 0.25) is 5.91 Å². The third-order valence-corrected chi connectivity index (χ3v) is 6.15. The third kappa shape index (κ3) is 4.14. The lowest BCUT2D eigenvalue weighted by Gasteiger charge is -2.26. The molecule has 3 rings (SSSR count). The molecule has 0 aromatic carbocycles. The predicted octanol–water partition coefficient (Wildman–Crippen LogP) is 3.20. The summed E-state index contributed by atoms with van der Waals surface area (Å²) in [4.78, 5) is 26.1. The lowest BCUT2D eigenvalue weighted by atomic mass is 10.0. The monoisotopic (exact) mass is 340 g/mol. The van der Waals surface area contributed by atoms with E-state index in [-0.39, 0.29) is 17.9 Å². The van der Waals surface area contributed by atoms with Gasteiger partial charge in [0.15, 0.2) is 0 Å². The Hall–Kier alpha value is -0.910. The number of hydrogen-bond donors (Lipinski definition) is 1. The molecular weight excluding hydrogens is 312 g/mol. The Bertz CT molecular complexity index is 459. The molecule has 2 atom stereocenters. The van der Waals surface area contributed by atoms with Crippen LogP contribution >= 0.6 is 11.9 Å². The average Bonchev–Trinajstić information content (AvgIpc) is 2.98. The second-order valence-corrected chi connectivity index (χ2v) is 9.19. The Morgan fingerprint density at radius 1 is 1.09 bits per heavy atom. The van der Waals surface area contributed by atoms with Gasteiger partial charge in [-0.15, -0.1) is 0 Å². The summed E-state index contributed by atoms with van der Waals surface area (Å²) < 4.78 is 8.46. The minimum Gasteiger partial charge on any atom is -0.444 e. The minimum atomic E-state index is -0.461. The first kappa shape index (κ1) is 16.9. The first-order chi connectivity index (χ1) is 10.8.